The first-order valence-corrected chi connectivity index (χ1v) is 7.35. The van der Waals surface area contributed by atoms with E-state index >= 15 is 0 Å². The van der Waals surface area contributed by atoms with Gasteiger partial charge in [0.2, 0.25) is 5.91 Å². The Hall–Kier alpha value is -1.14. The highest BCUT2D eigenvalue weighted by atomic mass is 16.4. The van der Waals surface area contributed by atoms with Crippen LogP contribution in [-0.2, 0) is 9.59 Å². The Kier molecular flexibility index (Phi) is 7.54. The number of likely N-dealkylation sites (N-methyl/N-ethyl adjacent to an activating group) is 1. The molecule has 1 aliphatic rings. The van der Waals surface area contributed by atoms with Crippen molar-refractivity contribution in [2.45, 2.75) is 25.7 Å². The second kappa shape index (κ2) is 8.92. The highest BCUT2D eigenvalue weighted by molar-refractivity contribution is 5.78. The van der Waals surface area contributed by atoms with Gasteiger partial charge in [0.1, 0.15) is 0 Å². The number of likely N-dealkylation sites (tertiary alicyclic amines) is 1. The minimum Gasteiger partial charge on any atom is -0.481 e. The molecule has 1 N–H and O–H groups in total. The molecule has 0 saturated carbocycles. The van der Waals surface area contributed by atoms with Crippen molar-refractivity contribution >= 4 is 11.9 Å². The van der Waals surface area contributed by atoms with Crippen LogP contribution in [0.1, 0.15) is 25.7 Å². The SMILES string of the molecule is CN(C)CCN(CCC(=O)O)CC(=O)N1CCCCC1. The van der Waals surface area contributed by atoms with E-state index in [-0.39, 0.29) is 12.3 Å². The molecule has 0 radical (unpaired) electrons. The molecule has 0 spiro atoms. The van der Waals surface area contributed by atoms with Crippen molar-refractivity contribution in [3.8, 4) is 0 Å². The maximum absolute atomic E-state index is 12.2. The molecule has 0 aromatic rings. The summed E-state index contributed by atoms with van der Waals surface area (Å²) in [5.74, 6) is -0.681. The van der Waals surface area contributed by atoms with E-state index in [0.717, 1.165) is 39.0 Å². The Balaban J connectivity index is 2.43. The van der Waals surface area contributed by atoms with Crippen LogP contribution in [-0.4, -0.2) is 85.0 Å². The number of piperidine rings is 1. The van der Waals surface area contributed by atoms with E-state index in [2.05, 4.69) is 0 Å². The third kappa shape index (κ3) is 6.86. The van der Waals surface area contributed by atoms with Gasteiger partial charge in [-0.15, -0.1) is 0 Å². The molecule has 20 heavy (non-hydrogen) atoms. The first-order chi connectivity index (χ1) is 9.49. The lowest BCUT2D eigenvalue weighted by atomic mass is 10.1. The number of hydrogen-bond donors (Lipinski definition) is 1. The Labute approximate surface area is 121 Å². The van der Waals surface area contributed by atoms with E-state index in [0.29, 0.717) is 13.1 Å². The van der Waals surface area contributed by atoms with Crippen molar-refractivity contribution in [1.82, 2.24) is 14.7 Å². The number of rotatable bonds is 8. The number of hydrogen-bond acceptors (Lipinski definition) is 4. The highest BCUT2D eigenvalue weighted by Gasteiger charge is 2.19. The van der Waals surface area contributed by atoms with Crippen molar-refractivity contribution in [2.75, 3.05) is 53.4 Å². The van der Waals surface area contributed by atoms with Gasteiger partial charge in [-0.1, -0.05) is 0 Å². The number of amides is 1. The fourth-order valence-corrected chi connectivity index (χ4v) is 2.30. The van der Waals surface area contributed by atoms with Crippen LogP contribution in [0.15, 0.2) is 0 Å². The molecule has 1 fully saturated rings. The average Bonchev–Trinajstić information content (AvgIpc) is 2.42. The van der Waals surface area contributed by atoms with Crippen LogP contribution in [0.2, 0.25) is 0 Å². The van der Waals surface area contributed by atoms with Gasteiger partial charge >= 0.3 is 5.97 Å². The molecule has 1 amide bonds. The van der Waals surface area contributed by atoms with Gasteiger partial charge in [0.05, 0.1) is 13.0 Å². The third-order valence-electron chi connectivity index (χ3n) is 3.57. The van der Waals surface area contributed by atoms with Crippen molar-refractivity contribution < 1.29 is 14.7 Å². The lowest BCUT2D eigenvalue weighted by Gasteiger charge is -2.30. The maximum Gasteiger partial charge on any atom is 0.304 e. The maximum atomic E-state index is 12.2. The number of carboxylic acid groups (broad SMARTS) is 1. The molecule has 1 rings (SSSR count). The van der Waals surface area contributed by atoms with Gasteiger partial charge in [-0.3, -0.25) is 14.5 Å². The van der Waals surface area contributed by atoms with Gasteiger partial charge in [-0.05, 0) is 33.4 Å². The van der Waals surface area contributed by atoms with E-state index in [4.69, 9.17) is 5.11 Å². The van der Waals surface area contributed by atoms with Crippen LogP contribution in [0, 0.1) is 0 Å². The van der Waals surface area contributed by atoms with Crippen molar-refractivity contribution in [1.29, 1.82) is 0 Å². The monoisotopic (exact) mass is 285 g/mol. The Morgan fingerprint density at radius 3 is 2.25 bits per heavy atom. The van der Waals surface area contributed by atoms with Crippen molar-refractivity contribution in [3.63, 3.8) is 0 Å². The number of aliphatic carboxylic acids is 1. The van der Waals surface area contributed by atoms with Crippen molar-refractivity contribution in [2.24, 2.45) is 0 Å². The summed E-state index contributed by atoms with van der Waals surface area (Å²) in [6.45, 7) is 4.01. The number of carbonyl (C=O) groups excluding carboxylic acids is 1. The van der Waals surface area contributed by atoms with Crippen LogP contribution in [0.4, 0.5) is 0 Å². The van der Waals surface area contributed by atoms with E-state index in [1.807, 2.05) is 28.8 Å². The summed E-state index contributed by atoms with van der Waals surface area (Å²) in [5, 5.41) is 8.79. The van der Waals surface area contributed by atoms with E-state index in [1.54, 1.807) is 0 Å². The first kappa shape index (κ1) is 16.9. The topological polar surface area (TPSA) is 64.1 Å². The molecule has 0 bridgehead atoms. The Morgan fingerprint density at radius 1 is 1.05 bits per heavy atom. The van der Waals surface area contributed by atoms with Gasteiger partial charge in [0.15, 0.2) is 0 Å². The average molecular weight is 285 g/mol. The molecule has 0 aromatic carbocycles. The molecular weight excluding hydrogens is 258 g/mol. The minimum atomic E-state index is -0.815. The smallest absolute Gasteiger partial charge is 0.304 e. The van der Waals surface area contributed by atoms with Gasteiger partial charge in [0, 0.05) is 32.7 Å². The lowest BCUT2D eigenvalue weighted by molar-refractivity contribution is -0.138. The second-order valence-corrected chi connectivity index (χ2v) is 5.66. The highest BCUT2D eigenvalue weighted by Crippen LogP contribution is 2.09. The number of carboxylic acids is 1. The summed E-state index contributed by atoms with van der Waals surface area (Å²) in [7, 11) is 3.95. The van der Waals surface area contributed by atoms with E-state index in [9.17, 15) is 9.59 Å². The van der Waals surface area contributed by atoms with Gasteiger partial charge < -0.3 is 14.9 Å². The van der Waals surface area contributed by atoms with Crippen LogP contribution in [0.25, 0.3) is 0 Å². The third-order valence-corrected chi connectivity index (χ3v) is 3.57. The van der Waals surface area contributed by atoms with Crippen LogP contribution in [0.5, 0.6) is 0 Å². The summed E-state index contributed by atoms with van der Waals surface area (Å²) >= 11 is 0. The lowest BCUT2D eigenvalue weighted by Crippen LogP contribution is -2.44. The van der Waals surface area contributed by atoms with E-state index < -0.39 is 5.97 Å². The summed E-state index contributed by atoms with van der Waals surface area (Å²) in [4.78, 5) is 28.8. The Morgan fingerprint density at radius 2 is 1.70 bits per heavy atom. The summed E-state index contributed by atoms with van der Waals surface area (Å²) in [5.41, 5.74) is 0. The molecule has 6 heteroatoms. The predicted octanol–water partition coefficient (Wildman–Crippen LogP) is 0.337. The van der Waals surface area contributed by atoms with E-state index in [1.165, 1.54) is 6.42 Å². The van der Waals surface area contributed by atoms with Crippen LogP contribution >= 0.6 is 0 Å². The largest absolute Gasteiger partial charge is 0.481 e. The fourth-order valence-electron chi connectivity index (χ4n) is 2.30. The molecule has 6 nitrogen and oxygen atoms in total. The molecule has 0 unspecified atom stereocenters. The van der Waals surface area contributed by atoms with Gasteiger partial charge in [-0.2, -0.15) is 0 Å². The number of carbonyl (C=O) groups is 2. The normalized spacial score (nSPS) is 15.9. The molecule has 0 aliphatic carbocycles. The molecule has 1 heterocycles. The van der Waals surface area contributed by atoms with Gasteiger partial charge in [0.25, 0.3) is 0 Å². The molecular formula is C14H27N3O3. The van der Waals surface area contributed by atoms with Crippen molar-refractivity contribution in [3.05, 3.63) is 0 Å². The molecule has 116 valence electrons. The summed E-state index contributed by atoms with van der Waals surface area (Å²) in [6, 6.07) is 0. The zero-order chi connectivity index (χ0) is 15.0. The summed E-state index contributed by atoms with van der Waals surface area (Å²) in [6.07, 6.45) is 3.45. The first-order valence-electron chi connectivity index (χ1n) is 7.35. The van der Waals surface area contributed by atoms with Crippen LogP contribution in [0.3, 0.4) is 0 Å². The molecule has 1 saturated heterocycles. The summed E-state index contributed by atoms with van der Waals surface area (Å²) < 4.78 is 0. The quantitative estimate of drug-likeness (QED) is 0.696. The minimum absolute atomic E-state index is 0.0840. The van der Waals surface area contributed by atoms with Crippen LogP contribution < -0.4 is 0 Å². The zero-order valence-corrected chi connectivity index (χ0v) is 12.7. The fraction of sp³-hybridized carbons (Fsp3) is 0.857. The molecule has 0 atom stereocenters. The molecule has 1 aliphatic heterocycles. The second-order valence-electron chi connectivity index (χ2n) is 5.66. The number of nitrogens with zero attached hydrogens (tertiary/aromatic N) is 3. The Bertz CT molecular complexity index is 315. The molecule has 0 aromatic heterocycles. The van der Waals surface area contributed by atoms with Gasteiger partial charge in [-0.25, -0.2) is 0 Å². The standard InChI is InChI=1S/C14H27N3O3/c1-15(2)10-11-16(9-6-14(19)20)12-13(18)17-7-4-3-5-8-17/h3-12H2,1-2H3,(H,19,20). The zero-order valence-electron chi connectivity index (χ0n) is 12.7. The predicted molar refractivity (Wildman–Crippen MR) is 77.7 cm³/mol.